The number of ether oxygens (including phenoxy) is 1. The minimum Gasteiger partial charge on any atom is -0.490 e. The summed E-state index contributed by atoms with van der Waals surface area (Å²) in [6.45, 7) is -0.414. The first-order valence-corrected chi connectivity index (χ1v) is 9.00. The Morgan fingerprint density at radius 2 is 2.08 bits per heavy atom. The molecule has 0 unspecified atom stereocenters. The van der Waals surface area contributed by atoms with Gasteiger partial charge in [-0.1, -0.05) is 42.2 Å². The second-order valence-electron chi connectivity index (χ2n) is 5.72. The van der Waals surface area contributed by atoms with Gasteiger partial charge >= 0.3 is 5.97 Å². The molecule has 1 saturated heterocycles. The van der Waals surface area contributed by atoms with E-state index in [2.05, 4.69) is 0 Å². The quantitative estimate of drug-likeness (QED) is 0.640. The summed E-state index contributed by atoms with van der Waals surface area (Å²) >= 11 is 6.23. The van der Waals surface area contributed by atoms with Crippen LogP contribution in [0.3, 0.4) is 0 Å². The number of hydrogen-bond donors (Lipinski definition) is 1. The van der Waals surface area contributed by atoms with Crippen LogP contribution in [0.15, 0.2) is 29.2 Å². The summed E-state index contributed by atoms with van der Waals surface area (Å²) in [5, 5.41) is 8.89. The predicted molar refractivity (Wildman–Crippen MR) is 96.8 cm³/mol. The third-order valence-electron chi connectivity index (χ3n) is 3.97. The molecule has 1 N–H and O–H groups in total. The average molecular weight is 363 g/mol. The van der Waals surface area contributed by atoms with Gasteiger partial charge in [-0.3, -0.25) is 14.5 Å². The average Bonchev–Trinajstić information content (AvgIpc) is 3.13. The highest BCUT2D eigenvalue weighted by Gasteiger charge is 2.33. The van der Waals surface area contributed by atoms with Crippen molar-refractivity contribution in [3.05, 3.63) is 34.7 Å². The number of carboxylic acids is 1. The summed E-state index contributed by atoms with van der Waals surface area (Å²) in [5.41, 5.74) is 0.806. The van der Waals surface area contributed by atoms with Crippen LogP contribution in [-0.2, 0) is 9.59 Å². The van der Waals surface area contributed by atoms with E-state index in [1.54, 1.807) is 6.08 Å². The molecular weight excluding hydrogens is 346 g/mol. The summed E-state index contributed by atoms with van der Waals surface area (Å²) in [6.07, 6.45) is 6.41. The Bertz CT molecular complexity index is 710. The molecule has 0 atom stereocenters. The van der Waals surface area contributed by atoms with E-state index in [0.717, 1.165) is 40.8 Å². The summed E-state index contributed by atoms with van der Waals surface area (Å²) in [7, 11) is 0. The molecule has 0 bridgehead atoms. The van der Waals surface area contributed by atoms with Crippen LogP contribution in [0, 0.1) is 0 Å². The number of carbonyl (C=O) groups excluding carboxylic acids is 1. The van der Waals surface area contributed by atoms with E-state index >= 15 is 0 Å². The van der Waals surface area contributed by atoms with Crippen molar-refractivity contribution in [1.29, 1.82) is 0 Å². The minimum absolute atomic E-state index is 0.223. The fourth-order valence-corrected chi connectivity index (χ4v) is 4.05. The fraction of sp³-hybridized carbons (Fsp3) is 0.353. The summed E-state index contributed by atoms with van der Waals surface area (Å²) in [4.78, 5) is 24.7. The van der Waals surface area contributed by atoms with Crippen LogP contribution in [0.5, 0.6) is 5.75 Å². The van der Waals surface area contributed by atoms with Gasteiger partial charge in [0.15, 0.2) is 0 Å². The lowest BCUT2D eigenvalue weighted by Gasteiger charge is -2.15. The third-order valence-corrected chi connectivity index (χ3v) is 5.35. The molecule has 0 aromatic heterocycles. The van der Waals surface area contributed by atoms with Crippen molar-refractivity contribution in [2.45, 2.75) is 31.8 Å². The molecular formula is C17H17NO4S2. The number of thiocarbonyl (C=S) groups is 1. The van der Waals surface area contributed by atoms with E-state index in [4.69, 9.17) is 22.1 Å². The van der Waals surface area contributed by atoms with E-state index in [1.165, 1.54) is 12.8 Å². The molecule has 1 saturated carbocycles. The monoisotopic (exact) mass is 363 g/mol. The number of benzene rings is 1. The Morgan fingerprint density at radius 3 is 2.79 bits per heavy atom. The lowest BCUT2D eigenvalue weighted by atomic mass is 10.1. The first-order chi connectivity index (χ1) is 11.5. The van der Waals surface area contributed by atoms with Gasteiger partial charge in [-0.05, 0) is 37.8 Å². The van der Waals surface area contributed by atoms with Crippen molar-refractivity contribution in [3.63, 3.8) is 0 Å². The first-order valence-electron chi connectivity index (χ1n) is 7.77. The van der Waals surface area contributed by atoms with E-state index in [9.17, 15) is 9.59 Å². The Labute approximate surface area is 149 Å². The lowest BCUT2D eigenvalue weighted by molar-refractivity contribution is -0.140. The van der Waals surface area contributed by atoms with E-state index in [0.29, 0.717) is 4.91 Å². The zero-order valence-electron chi connectivity index (χ0n) is 12.9. The van der Waals surface area contributed by atoms with Gasteiger partial charge in [0.1, 0.15) is 16.6 Å². The van der Waals surface area contributed by atoms with Crippen molar-refractivity contribution in [3.8, 4) is 5.75 Å². The van der Waals surface area contributed by atoms with E-state index in [-0.39, 0.29) is 16.3 Å². The second kappa shape index (κ2) is 7.36. The molecule has 1 aromatic rings. The van der Waals surface area contributed by atoms with Gasteiger partial charge in [0.05, 0.1) is 11.0 Å². The zero-order valence-corrected chi connectivity index (χ0v) is 14.6. The molecule has 1 amide bonds. The number of thioether (sulfide) groups is 1. The molecule has 3 rings (SSSR count). The van der Waals surface area contributed by atoms with Crippen LogP contribution in [0.2, 0.25) is 0 Å². The second-order valence-corrected chi connectivity index (χ2v) is 7.40. The Hall–Kier alpha value is -1.86. The molecule has 1 heterocycles. The highest BCUT2D eigenvalue weighted by atomic mass is 32.2. The zero-order chi connectivity index (χ0) is 17.1. The van der Waals surface area contributed by atoms with Crippen LogP contribution in [0.25, 0.3) is 6.08 Å². The number of aliphatic carboxylic acids is 1. The number of nitrogens with zero attached hydrogens (tertiary/aromatic N) is 1. The molecule has 126 valence electrons. The van der Waals surface area contributed by atoms with Crippen molar-refractivity contribution in [2.24, 2.45) is 0 Å². The topological polar surface area (TPSA) is 66.8 Å². The fourth-order valence-electron chi connectivity index (χ4n) is 2.81. The number of carbonyl (C=O) groups is 2. The number of carboxylic acid groups (broad SMARTS) is 1. The van der Waals surface area contributed by atoms with Gasteiger partial charge in [-0.15, -0.1) is 0 Å². The number of amides is 1. The van der Waals surface area contributed by atoms with Crippen molar-refractivity contribution in [1.82, 2.24) is 4.90 Å². The first kappa shape index (κ1) is 17.0. The van der Waals surface area contributed by atoms with Gasteiger partial charge in [-0.2, -0.15) is 0 Å². The Kier molecular flexibility index (Phi) is 5.20. The van der Waals surface area contributed by atoms with Gasteiger partial charge < -0.3 is 9.84 Å². The van der Waals surface area contributed by atoms with Crippen LogP contribution >= 0.6 is 24.0 Å². The highest BCUT2D eigenvalue weighted by molar-refractivity contribution is 8.26. The summed E-state index contributed by atoms with van der Waals surface area (Å²) < 4.78 is 6.33. The largest absolute Gasteiger partial charge is 0.490 e. The van der Waals surface area contributed by atoms with Gasteiger partial charge in [-0.25, -0.2) is 0 Å². The standard InChI is InChI=1S/C17H17NO4S2/c19-15(20)10-18-16(21)14(24-17(18)23)9-11-5-1-4-8-13(11)22-12-6-2-3-7-12/h1,4-5,8-9,12H,2-3,6-7,10H2,(H,19,20)/b14-9-. The van der Waals surface area contributed by atoms with Crippen molar-refractivity contribution in [2.75, 3.05) is 6.54 Å². The maximum Gasteiger partial charge on any atom is 0.323 e. The minimum atomic E-state index is -1.09. The molecule has 0 spiro atoms. The molecule has 5 nitrogen and oxygen atoms in total. The van der Waals surface area contributed by atoms with Gasteiger partial charge in [0.2, 0.25) is 0 Å². The molecule has 2 aliphatic rings. The van der Waals surface area contributed by atoms with E-state index < -0.39 is 12.5 Å². The van der Waals surface area contributed by atoms with Crippen LogP contribution in [0.4, 0.5) is 0 Å². The highest BCUT2D eigenvalue weighted by Crippen LogP contribution is 2.35. The molecule has 2 fully saturated rings. The molecule has 1 aliphatic carbocycles. The molecule has 1 aromatic carbocycles. The number of para-hydroxylation sites is 1. The molecule has 7 heteroatoms. The van der Waals surface area contributed by atoms with Crippen LogP contribution in [0.1, 0.15) is 31.2 Å². The number of rotatable bonds is 5. The van der Waals surface area contributed by atoms with Crippen molar-refractivity contribution >= 4 is 46.3 Å². The SMILES string of the molecule is O=C(O)CN1C(=O)/C(=C/c2ccccc2OC2CCCC2)SC1=S. The number of hydrogen-bond acceptors (Lipinski definition) is 5. The Morgan fingerprint density at radius 1 is 1.38 bits per heavy atom. The lowest BCUT2D eigenvalue weighted by Crippen LogP contribution is -2.33. The summed E-state index contributed by atoms with van der Waals surface area (Å²) in [5.74, 6) is -0.714. The van der Waals surface area contributed by atoms with Crippen LogP contribution in [-0.4, -0.2) is 38.9 Å². The molecule has 1 aliphatic heterocycles. The molecule has 0 radical (unpaired) electrons. The predicted octanol–water partition coefficient (Wildman–Crippen LogP) is 3.29. The third kappa shape index (κ3) is 3.79. The maximum absolute atomic E-state index is 12.4. The smallest absolute Gasteiger partial charge is 0.323 e. The summed E-state index contributed by atoms with van der Waals surface area (Å²) in [6, 6.07) is 7.55. The van der Waals surface area contributed by atoms with Crippen LogP contribution < -0.4 is 4.74 Å². The Balaban J connectivity index is 1.82. The molecule has 24 heavy (non-hydrogen) atoms. The van der Waals surface area contributed by atoms with Gasteiger partial charge in [0, 0.05) is 5.56 Å². The van der Waals surface area contributed by atoms with Gasteiger partial charge in [0.25, 0.3) is 5.91 Å². The van der Waals surface area contributed by atoms with Crippen molar-refractivity contribution < 1.29 is 19.4 Å². The van der Waals surface area contributed by atoms with E-state index in [1.807, 2.05) is 24.3 Å². The normalized spacial score (nSPS) is 20.2. The maximum atomic E-state index is 12.4.